The molecule has 1 aromatic heterocycles. The molecule has 0 amide bonds. The summed E-state index contributed by atoms with van der Waals surface area (Å²) in [5, 5.41) is 0. The van der Waals surface area contributed by atoms with Crippen LogP contribution in [-0.4, -0.2) is 17.1 Å². The van der Waals surface area contributed by atoms with E-state index in [9.17, 15) is 4.79 Å². The van der Waals surface area contributed by atoms with Gasteiger partial charge in [0.1, 0.15) is 5.75 Å². The third-order valence-electron chi connectivity index (χ3n) is 2.65. The standard InChI is InChI=1S/C13H14N2O2/c1-3-11-12(14-8-15-13(11)16)9-5-4-6-10(7-9)17-2/h4-8H,3H2,1-2H3,(H,14,15,16). The van der Waals surface area contributed by atoms with Gasteiger partial charge in [-0.05, 0) is 18.6 Å². The third kappa shape index (κ3) is 2.20. The minimum absolute atomic E-state index is 0.0830. The summed E-state index contributed by atoms with van der Waals surface area (Å²) in [5.41, 5.74) is 2.23. The summed E-state index contributed by atoms with van der Waals surface area (Å²) in [7, 11) is 1.62. The van der Waals surface area contributed by atoms with E-state index in [1.165, 1.54) is 6.33 Å². The zero-order valence-corrected chi connectivity index (χ0v) is 9.86. The first-order valence-electron chi connectivity index (χ1n) is 5.47. The predicted molar refractivity (Wildman–Crippen MR) is 66.2 cm³/mol. The summed E-state index contributed by atoms with van der Waals surface area (Å²) >= 11 is 0. The largest absolute Gasteiger partial charge is 0.497 e. The second-order valence-electron chi connectivity index (χ2n) is 3.64. The molecule has 1 aromatic carbocycles. The summed E-state index contributed by atoms with van der Waals surface area (Å²) in [5.74, 6) is 0.756. The van der Waals surface area contributed by atoms with Gasteiger partial charge in [0.2, 0.25) is 0 Å². The lowest BCUT2D eigenvalue weighted by Crippen LogP contribution is -2.14. The molecule has 0 atom stereocenters. The van der Waals surface area contributed by atoms with Crippen LogP contribution in [0.3, 0.4) is 0 Å². The second-order valence-corrected chi connectivity index (χ2v) is 3.64. The smallest absolute Gasteiger partial charge is 0.254 e. The Balaban J connectivity index is 2.59. The van der Waals surface area contributed by atoms with Crippen molar-refractivity contribution in [2.45, 2.75) is 13.3 Å². The molecule has 1 N–H and O–H groups in total. The Bertz CT molecular complexity index is 576. The van der Waals surface area contributed by atoms with E-state index in [0.717, 1.165) is 17.0 Å². The topological polar surface area (TPSA) is 55.0 Å². The van der Waals surface area contributed by atoms with Crippen LogP contribution in [0, 0.1) is 0 Å². The molecular formula is C13H14N2O2. The molecule has 0 saturated heterocycles. The predicted octanol–water partition coefficient (Wildman–Crippen LogP) is 2.01. The Hall–Kier alpha value is -2.10. The molecule has 88 valence electrons. The fourth-order valence-electron chi connectivity index (χ4n) is 1.78. The Kier molecular flexibility index (Phi) is 3.23. The molecule has 4 heteroatoms. The van der Waals surface area contributed by atoms with E-state index in [0.29, 0.717) is 12.0 Å². The molecule has 0 aliphatic rings. The molecule has 1 heterocycles. The number of rotatable bonds is 3. The number of methoxy groups -OCH3 is 1. The van der Waals surface area contributed by atoms with E-state index < -0.39 is 0 Å². The van der Waals surface area contributed by atoms with Crippen LogP contribution in [-0.2, 0) is 6.42 Å². The van der Waals surface area contributed by atoms with Gasteiger partial charge in [-0.15, -0.1) is 0 Å². The van der Waals surface area contributed by atoms with Gasteiger partial charge >= 0.3 is 0 Å². The van der Waals surface area contributed by atoms with Crippen molar-refractivity contribution in [3.8, 4) is 17.0 Å². The maximum absolute atomic E-state index is 11.7. The van der Waals surface area contributed by atoms with Crippen molar-refractivity contribution in [3.63, 3.8) is 0 Å². The lowest BCUT2D eigenvalue weighted by atomic mass is 10.1. The normalized spacial score (nSPS) is 10.2. The number of hydrogen-bond donors (Lipinski definition) is 1. The zero-order chi connectivity index (χ0) is 12.3. The minimum atomic E-state index is -0.0830. The Morgan fingerprint density at radius 3 is 2.94 bits per heavy atom. The summed E-state index contributed by atoms with van der Waals surface area (Å²) in [6.07, 6.45) is 2.08. The number of ether oxygens (including phenoxy) is 1. The van der Waals surface area contributed by atoms with Crippen LogP contribution < -0.4 is 10.3 Å². The number of aromatic amines is 1. The summed E-state index contributed by atoms with van der Waals surface area (Å²) in [6, 6.07) is 7.54. The van der Waals surface area contributed by atoms with Gasteiger partial charge in [-0.3, -0.25) is 4.79 Å². The number of nitrogens with zero attached hydrogens (tertiary/aromatic N) is 1. The maximum Gasteiger partial charge on any atom is 0.254 e. The van der Waals surface area contributed by atoms with E-state index in [-0.39, 0.29) is 5.56 Å². The molecule has 2 aromatic rings. The Morgan fingerprint density at radius 1 is 1.41 bits per heavy atom. The van der Waals surface area contributed by atoms with Gasteiger partial charge in [0.25, 0.3) is 5.56 Å². The number of aromatic nitrogens is 2. The number of benzene rings is 1. The van der Waals surface area contributed by atoms with Crippen LogP contribution in [0.5, 0.6) is 5.75 Å². The van der Waals surface area contributed by atoms with Crippen molar-refractivity contribution in [1.29, 1.82) is 0 Å². The van der Waals surface area contributed by atoms with E-state index in [2.05, 4.69) is 9.97 Å². The molecule has 0 fully saturated rings. The summed E-state index contributed by atoms with van der Waals surface area (Å²) < 4.78 is 5.17. The van der Waals surface area contributed by atoms with Gasteiger partial charge in [-0.1, -0.05) is 19.1 Å². The molecule has 0 unspecified atom stereocenters. The maximum atomic E-state index is 11.7. The Morgan fingerprint density at radius 2 is 2.24 bits per heavy atom. The minimum Gasteiger partial charge on any atom is -0.497 e. The quantitative estimate of drug-likeness (QED) is 0.877. The second kappa shape index (κ2) is 4.82. The highest BCUT2D eigenvalue weighted by Gasteiger charge is 2.09. The highest BCUT2D eigenvalue weighted by molar-refractivity contribution is 5.64. The van der Waals surface area contributed by atoms with Crippen LogP contribution in [0.4, 0.5) is 0 Å². The average Bonchev–Trinajstić information content (AvgIpc) is 2.38. The van der Waals surface area contributed by atoms with Gasteiger partial charge in [-0.25, -0.2) is 4.98 Å². The highest BCUT2D eigenvalue weighted by atomic mass is 16.5. The summed E-state index contributed by atoms with van der Waals surface area (Å²) in [4.78, 5) is 18.5. The van der Waals surface area contributed by atoms with Gasteiger partial charge in [0.05, 0.1) is 19.1 Å². The molecule has 0 spiro atoms. The van der Waals surface area contributed by atoms with Crippen LogP contribution in [0.25, 0.3) is 11.3 Å². The van der Waals surface area contributed by atoms with Crippen molar-refractivity contribution in [3.05, 3.63) is 46.5 Å². The first-order chi connectivity index (χ1) is 8.26. The third-order valence-corrected chi connectivity index (χ3v) is 2.65. The molecule has 0 saturated carbocycles. The van der Waals surface area contributed by atoms with E-state index in [4.69, 9.17) is 4.74 Å². The molecule has 17 heavy (non-hydrogen) atoms. The average molecular weight is 230 g/mol. The lowest BCUT2D eigenvalue weighted by molar-refractivity contribution is 0.415. The molecule has 0 radical (unpaired) electrons. The fourth-order valence-corrected chi connectivity index (χ4v) is 1.78. The molecule has 0 aliphatic carbocycles. The monoisotopic (exact) mass is 230 g/mol. The molecule has 2 rings (SSSR count). The molecule has 0 bridgehead atoms. The molecular weight excluding hydrogens is 216 g/mol. The number of H-pyrrole nitrogens is 1. The van der Waals surface area contributed by atoms with Crippen LogP contribution >= 0.6 is 0 Å². The Labute approximate surface area is 99.3 Å². The first kappa shape index (κ1) is 11.4. The molecule has 0 aliphatic heterocycles. The van der Waals surface area contributed by atoms with Gasteiger partial charge in [0.15, 0.2) is 0 Å². The van der Waals surface area contributed by atoms with Crippen molar-refractivity contribution in [2.75, 3.05) is 7.11 Å². The van der Waals surface area contributed by atoms with Crippen molar-refractivity contribution in [1.82, 2.24) is 9.97 Å². The van der Waals surface area contributed by atoms with Gasteiger partial charge in [-0.2, -0.15) is 0 Å². The zero-order valence-electron chi connectivity index (χ0n) is 9.86. The van der Waals surface area contributed by atoms with E-state index in [1.807, 2.05) is 31.2 Å². The SMILES string of the molecule is CCc1c(-c2cccc(OC)c2)nc[nH]c1=O. The van der Waals surface area contributed by atoms with Crippen molar-refractivity contribution in [2.24, 2.45) is 0 Å². The number of hydrogen-bond acceptors (Lipinski definition) is 3. The highest BCUT2D eigenvalue weighted by Crippen LogP contribution is 2.23. The van der Waals surface area contributed by atoms with Crippen molar-refractivity contribution >= 4 is 0 Å². The number of nitrogens with one attached hydrogen (secondary N) is 1. The van der Waals surface area contributed by atoms with Crippen molar-refractivity contribution < 1.29 is 4.74 Å². The molecule has 4 nitrogen and oxygen atoms in total. The van der Waals surface area contributed by atoms with Gasteiger partial charge in [0, 0.05) is 11.1 Å². The fraction of sp³-hybridized carbons (Fsp3) is 0.231. The first-order valence-corrected chi connectivity index (χ1v) is 5.47. The lowest BCUT2D eigenvalue weighted by Gasteiger charge is -2.07. The van der Waals surface area contributed by atoms with Crippen LogP contribution in [0.1, 0.15) is 12.5 Å². The summed E-state index contributed by atoms with van der Waals surface area (Å²) in [6.45, 7) is 1.94. The van der Waals surface area contributed by atoms with E-state index in [1.54, 1.807) is 7.11 Å². The van der Waals surface area contributed by atoms with Gasteiger partial charge < -0.3 is 9.72 Å². The van der Waals surface area contributed by atoms with E-state index >= 15 is 0 Å². The van der Waals surface area contributed by atoms with Crippen LogP contribution in [0.2, 0.25) is 0 Å². The van der Waals surface area contributed by atoms with Crippen LogP contribution in [0.15, 0.2) is 35.4 Å².